The molecule has 5 rings (SSSR count). The number of benzene rings is 1. The van der Waals surface area contributed by atoms with Gasteiger partial charge in [0.25, 0.3) is 0 Å². The summed E-state index contributed by atoms with van der Waals surface area (Å²) >= 11 is 0. The molecular formula is C30H46N6O4S. The molecule has 3 fully saturated rings. The van der Waals surface area contributed by atoms with Gasteiger partial charge in [-0.1, -0.05) is 6.42 Å². The predicted molar refractivity (Wildman–Crippen MR) is 160 cm³/mol. The Morgan fingerprint density at radius 2 is 1.66 bits per heavy atom. The number of ether oxygens (including phenoxy) is 2. The maximum absolute atomic E-state index is 13.9. The summed E-state index contributed by atoms with van der Waals surface area (Å²) in [5.74, 6) is 2.33. The van der Waals surface area contributed by atoms with Crippen LogP contribution in [0.2, 0.25) is 0 Å². The summed E-state index contributed by atoms with van der Waals surface area (Å²) in [5.41, 5.74) is 1.38. The summed E-state index contributed by atoms with van der Waals surface area (Å²) in [4.78, 5) is 16.7. The minimum Gasteiger partial charge on any atom is -0.497 e. The Hall–Kier alpha value is -2.47. The van der Waals surface area contributed by atoms with Gasteiger partial charge in [0.2, 0.25) is 10.0 Å². The first kappa shape index (κ1) is 30.0. The van der Waals surface area contributed by atoms with Crippen LogP contribution < -0.4 is 14.4 Å². The number of anilines is 1. The van der Waals surface area contributed by atoms with Crippen LogP contribution in [-0.2, 0) is 10.0 Å². The Morgan fingerprint density at radius 3 is 2.34 bits per heavy atom. The van der Waals surface area contributed by atoms with Crippen LogP contribution in [0.3, 0.4) is 0 Å². The third-order valence-corrected chi connectivity index (χ3v) is 11.1. The molecule has 3 aliphatic heterocycles. The van der Waals surface area contributed by atoms with Crippen molar-refractivity contribution in [2.45, 2.75) is 56.9 Å². The highest BCUT2D eigenvalue weighted by Gasteiger charge is 2.36. The summed E-state index contributed by atoms with van der Waals surface area (Å²) in [6.07, 6.45) is 6.86. The lowest BCUT2D eigenvalue weighted by molar-refractivity contribution is 0.155. The normalized spacial score (nSPS) is 22.1. The van der Waals surface area contributed by atoms with Crippen molar-refractivity contribution in [2.75, 3.05) is 78.0 Å². The van der Waals surface area contributed by atoms with Gasteiger partial charge in [0, 0.05) is 45.5 Å². The van der Waals surface area contributed by atoms with Gasteiger partial charge in [0.05, 0.1) is 18.0 Å². The molecule has 3 saturated heterocycles. The van der Waals surface area contributed by atoms with Crippen LogP contribution in [0, 0.1) is 19.8 Å². The standard InChI is InChI=1S/C30H46N6O4S/c1-23-19-27(39-4)20-24(2)29(23)41(37,38)36-12-6-5-7-26(36)22-40-30-31-11-8-28(32-30)35-17-15-34(16-18-35)21-25-9-13-33(3)14-10-25/h8,11,19-20,25-26H,5-7,9-10,12-18,21-22H2,1-4H3. The van der Waals surface area contributed by atoms with Gasteiger partial charge in [-0.05, 0) is 94.9 Å². The summed E-state index contributed by atoms with van der Waals surface area (Å²) in [6.45, 7) is 11.9. The molecule has 0 saturated carbocycles. The summed E-state index contributed by atoms with van der Waals surface area (Å²) in [6, 6.07) is 5.53. The number of sulfonamides is 1. The smallest absolute Gasteiger partial charge is 0.318 e. The number of nitrogens with zero attached hydrogens (tertiary/aromatic N) is 6. The number of rotatable bonds is 9. The zero-order valence-electron chi connectivity index (χ0n) is 25.1. The van der Waals surface area contributed by atoms with E-state index in [1.807, 2.05) is 19.9 Å². The lowest BCUT2D eigenvalue weighted by Crippen LogP contribution is -2.49. The van der Waals surface area contributed by atoms with Crippen molar-refractivity contribution < 1.29 is 17.9 Å². The second-order valence-corrected chi connectivity index (χ2v) is 13.7. The maximum atomic E-state index is 13.9. The molecule has 3 aliphatic rings. The van der Waals surface area contributed by atoms with Crippen LogP contribution in [0.5, 0.6) is 11.8 Å². The molecule has 0 spiro atoms. The quantitative estimate of drug-likeness (QED) is 0.439. The van der Waals surface area contributed by atoms with E-state index in [0.29, 0.717) is 34.3 Å². The number of methoxy groups -OCH3 is 1. The monoisotopic (exact) mass is 586 g/mol. The number of piperazine rings is 1. The van der Waals surface area contributed by atoms with Crippen molar-refractivity contribution >= 4 is 15.8 Å². The summed E-state index contributed by atoms with van der Waals surface area (Å²) in [7, 11) is 0.102. The van der Waals surface area contributed by atoms with E-state index in [4.69, 9.17) is 14.5 Å². The number of likely N-dealkylation sites (tertiary alicyclic amines) is 1. The van der Waals surface area contributed by atoms with Gasteiger partial charge in [-0.3, -0.25) is 4.90 Å². The van der Waals surface area contributed by atoms with Gasteiger partial charge < -0.3 is 19.3 Å². The SMILES string of the molecule is COc1cc(C)c(S(=O)(=O)N2CCCCC2COc2nccc(N3CCN(CC4CCN(C)CC4)CC3)n2)c(C)c1. The van der Waals surface area contributed by atoms with E-state index in [0.717, 1.165) is 57.2 Å². The average molecular weight is 587 g/mol. The van der Waals surface area contributed by atoms with Crippen molar-refractivity contribution in [1.82, 2.24) is 24.1 Å². The molecule has 1 aromatic heterocycles. The van der Waals surface area contributed by atoms with E-state index in [9.17, 15) is 8.42 Å². The molecule has 41 heavy (non-hydrogen) atoms. The highest BCUT2D eigenvalue weighted by Crippen LogP contribution is 2.32. The molecule has 0 aliphatic carbocycles. The van der Waals surface area contributed by atoms with Crippen molar-refractivity contribution in [1.29, 1.82) is 0 Å². The van der Waals surface area contributed by atoms with Gasteiger partial charge in [0.1, 0.15) is 18.2 Å². The number of hydrogen-bond donors (Lipinski definition) is 0. The number of piperidine rings is 2. The zero-order valence-corrected chi connectivity index (χ0v) is 25.9. The molecule has 11 heteroatoms. The first-order valence-electron chi connectivity index (χ1n) is 15.0. The first-order chi connectivity index (χ1) is 19.7. The highest BCUT2D eigenvalue weighted by atomic mass is 32.2. The lowest BCUT2D eigenvalue weighted by Gasteiger charge is -2.38. The minimum absolute atomic E-state index is 0.224. The van der Waals surface area contributed by atoms with Crippen LogP contribution in [0.1, 0.15) is 43.2 Å². The van der Waals surface area contributed by atoms with Crippen LogP contribution in [0.15, 0.2) is 29.3 Å². The fourth-order valence-corrected chi connectivity index (χ4v) is 8.62. The van der Waals surface area contributed by atoms with Crippen LogP contribution >= 0.6 is 0 Å². The molecule has 0 amide bonds. The fourth-order valence-electron chi connectivity index (χ4n) is 6.53. The Kier molecular flexibility index (Phi) is 9.68. The third-order valence-electron chi connectivity index (χ3n) is 8.88. The summed E-state index contributed by atoms with van der Waals surface area (Å²) in [5, 5.41) is 0. The Labute approximate surface area is 245 Å². The van der Waals surface area contributed by atoms with Crippen LogP contribution in [0.25, 0.3) is 0 Å². The number of hydrogen-bond acceptors (Lipinski definition) is 9. The topological polar surface area (TPSA) is 91.3 Å². The molecule has 10 nitrogen and oxygen atoms in total. The van der Waals surface area contributed by atoms with Crippen molar-refractivity contribution in [3.05, 3.63) is 35.5 Å². The van der Waals surface area contributed by atoms with E-state index >= 15 is 0 Å². The van der Waals surface area contributed by atoms with Crippen molar-refractivity contribution in [2.24, 2.45) is 5.92 Å². The highest BCUT2D eigenvalue weighted by molar-refractivity contribution is 7.89. The van der Waals surface area contributed by atoms with Gasteiger partial charge in [-0.2, -0.15) is 9.29 Å². The van der Waals surface area contributed by atoms with Gasteiger partial charge in [-0.15, -0.1) is 0 Å². The predicted octanol–water partition coefficient (Wildman–Crippen LogP) is 3.19. The lowest BCUT2D eigenvalue weighted by atomic mass is 9.96. The minimum atomic E-state index is -3.70. The average Bonchev–Trinajstić information content (AvgIpc) is 2.97. The molecule has 226 valence electrons. The summed E-state index contributed by atoms with van der Waals surface area (Å²) < 4.78 is 40.8. The number of aromatic nitrogens is 2. The maximum Gasteiger partial charge on any atom is 0.318 e. The van der Waals surface area contributed by atoms with Gasteiger partial charge in [-0.25, -0.2) is 13.4 Å². The van der Waals surface area contributed by atoms with Crippen LogP contribution in [-0.4, -0.2) is 112 Å². The van der Waals surface area contributed by atoms with E-state index in [2.05, 4.69) is 26.7 Å². The number of aryl methyl sites for hydroxylation is 2. The third kappa shape index (κ3) is 7.13. The first-order valence-corrected chi connectivity index (χ1v) is 16.5. The van der Waals surface area contributed by atoms with E-state index < -0.39 is 10.0 Å². The second-order valence-electron chi connectivity index (χ2n) is 11.9. The molecule has 4 heterocycles. The van der Waals surface area contributed by atoms with E-state index in [1.165, 1.54) is 32.5 Å². The Bertz CT molecular complexity index is 1250. The molecule has 1 aromatic carbocycles. The molecule has 2 aromatic rings. The van der Waals surface area contributed by atoms with E-state index in [-0.39, 0.29) is 12.6 Å². The second kappa shape index (κ2) is 13.2. The molecule has 1 unspecified atom stereocenters. The zero-order chi connectivity index (χ0) is 29.0. The molecule has 1 atom stereocenters. The Morgan fingerprint density at radius 1 is 0.951 bits per heavy atom. The Balaban J connectivity index is 1.19. The van der Waals surface area contributed by atoms with Crippen molar-refractivity contribution in [3.63, 3.8) is 0 Å². The fraction of sp³-hybridized carbons (Fsp3) is 0.667. The molecule has 0 N–H and O–H groups in total. The van der Waals surface area contributed by atoms with Crippen LogP contribution in [0.4, 0.5) is 5.82 Å². The molecule has 0 radical (unpaired) electrons. The van der Waals surface area contributed by atoms with Gasteiger partial charge in [0.15, 0.2) is 0 Å². The van der Waals surface area contributed by atoms with Crippen molar-refractivity contribution in [3.8, 4) is 11.8 Å². The molecular weight excluding hydrogens is 540 g/mol. The largest absolute Gasteiger partial charge is 0.497 e. The molecule has 0 bridgehead atoms. The van der Waals surface area contributed by atoms with E-state index in [1.54, 1.807) is 29.7 Å². The van der Waals surface area contributed by atoms with Gasteiger partial charge >= 0.3 is 6.01 Å².